The molecule has 1 aromatic rings. The fourth-order valence-corrected chi connectivity index (χ4v) is 4.17. The average Bonchev–Trinajstić information content (AvgIpc) is 2.95. The molecule has 3 heterocycles. The van der Waals surface area contributed by atoms with Gasteiger partial charge in [0.15, 0.2) is 11.5 Å². The van der Waals surface area contributed by atoms with Crippen molar-refractivity contribution in [1.29, 1.82) is 0 Å². The molecule has 2 fully saturated rings. The Kier molecular flexibility index (Phi) is 3.81. The average molecular weight is 353 g/mol. The highest BCUT2D eigenvalue weighted by atomic mass is 79.9. The topological polar surface area (TPSA) is 33.7 Å². The lowest BCUT2D eigenvalue weighted by Crippen LogP contribution is -2.39. The zero-order valence-corrected chi connectivity index (χ0v) is 13.7. The van der Waals surface area contributed by atoms with E-state index in [2.05, 4.69) is 32.2 Å². The molecule has 0 saturated carbocycles. The molecule has 0 aromatic heterocycles. The molecule has 1 aromatic carbocycles. The van der Waals surface area contributed by atoms with Gasteiger partial charge in [-0.2, -0.15) is 0 Å². The minimum atomic E-state index is 0.640. The maximum absolute atomic E-state index is 5.70. The summed E-state index contributed by atoms with van der Waals surface area (Å²) in [5.74, 6) is 3.46. The van der Waals surface area contributed by atoms with Crippen LogP contribution in [0.3, 0.4) is 0 Å². The van der Waals surface area contributed by atoms with Crippen LogP contribution in [0.5, 0.6) is 11.5 Å². The molecule has 1 N–H and O–H groups in total. The molecule has 21 heavy (non-hydrogen) atoms. The van der Waals surface area contributed by atoms with Crippen molar-refractivity contribution >= 4 is 15.9 Å². The molecule has 2 saturated heterocycles. The number of fused-ring (bicyclic) bond motifs is 2. The van der Waals surface area contributed by atoms with Crippen molar-refractivity contribution < 1.29 is 9.47 Å². The smallest absolute Gasteiger partial charge is 0.162 e. The third kappa shape index (κ3) is 2.79. The van der Waals surface area contributed by atoms with E-state index in [0.29, 0.717) is 13.2 Å². The van der Waals surface area contributed by atoms with E-state index in [9.17, 15) is 0 Å². The van der Waals surface area contributed by atoms with Crippen LogP contribution >= 0.6 is 15.9 Å². The van der Waals surface area contributed by atoms with E-state index < -0.39 is 0 Å². The third-order valence-electron chi connectivity index (χ3n) is 4.89. The van der Waals surface area contributed by atoms with Crippen LogP contribution in [-0.4, -0.2) is 44.3 Å². The van der Waals surface area contributed by atoms with Crippen LogP contribution in [0.2, 0.25) is 0 Å². The minimum absolute atomic E-state index is 0.640. The van der Waals surface area contributed by atoms with Crippen molar-refractivity contribution in [3.05, 3.63) is 22.2 Å². The Bertz CT molecular complexity index is 537. The van der Waals surface area contributed by atoms with E-state index in [1.165, 1.54) is 38.2 Å². The van der Waals surface area contributed by atoms with E-state index >= 15 is 0 Å². The summed E-state index contributed by atoms with van der Waals surface area (Å²) in [6, 6.07) is 4.19. The molecule has 0 amide bonds. The summed E-state index contributed by atoms with van der Waals surface area (Å²) in [6.45, 7) is 7.08. The van der Waals surface area contributed by atoms with Gasteiger partial charge in [0.25, 0.3) is 0 Å². The molecule has 0 radical (unpaired) electrons. The SMILES string of the molecule is Brc1cc2c(cc1CN1CCC3CNCC3C1)OCCO2. The summed E-state index contributed by atoms with van der Waals surface area (Å²) in [5.41, 5.74) is 1.30. The zero-order chi connectivity index (χ0) is 14.2. The second-order valence-corrected chi connectivity index (χ2v) is 7.14. The maximum Gasteiger partial charge on any atom is 0.162 e. The van der Waals surface area contributed by atoms with Crippen LogP contribution < -0.4 is 14.8 Å². The van der Waals surface area contributed by atoms with E-state index in [-0.39, 0.29) is 0 Å². The Morgan fingerprint density at radius 2 is 1.90 bits per heavy atom. The number of hydrogen-bond acceptors (Lipinski definition) is 4. The first kappa shape index (κ1) is 13.9. The predicted octanol–water partition coefficient (Wildman–Crippen LogP) is 2.26. The van der Waals surface area contributed by atoms with Crippen molar-refractivity contribution in [2.75, 3.05) is 39.4 Å². The molecule has 4 rings (SSSR count). The summed E-state index contributed by atoms with van der Waals surface area (Å²) in [6.07, 6.45) is 1.32. The van der Waals surface area contributed by atoms with Crippen molar-refractivity contribution in [1.82, 2.24) is 10.2 Å². The largest absolute Gasteiger partial charge is 0.486 e. The molecule has 5 heteroatoms. The van der Waals surface area contributed by atoms with E-state index in [0.717, 1.165) is 34.4 Å². The summed E-state index contributed by atoms with van der Waals surface area (Å²) in [5, 5.41) is 3.53. The number of benzene rings is 1. The normalized spacial score (nSPS) is 28.4. The van der Waals surface area contributed by atoms with Crippen LogP contribution in [0.15, 0.2) is 16.6 Å². The van der Waals surface area contributed by atoms with Gasteiger partial charge in [0.05, 0.1) is 0 Å². The third-order valence-corrected chi connectivity index (χ3v) is 5.63. The Morgan fingerprint density at radius 1 is 1.14 bits per heavy atom. The zero-order valence-electron chi connectivity index (χ0n) is 12.1. The van der Waals surface area contributed by atoms with Gasteiger partial charge in [-0.3, -0.25) is 4.90 Å². The Hall–Kier alpha value is -0.780. The highest BCUT2D eigenvalue weighted by Crippen LogP contribution is 2.36. The van der Waals surface area contributed by atoms with Gasteiger partial charge in [0.2, 0.25) is 0 Å². The number of nitrogens with zero attached hydrogens (tertiary/aromatic N) is 1. The summed E-state index contributed by atoms with van der Waals surface area (Å²) < 4.78 is 12.5. The van der Waals surface area contributed by atoms with Crippen LogP contribution in [0, 0.1) is 11.8 Å². The Balaban J connectivity index is 1.49. The van der Waals surface area contributed by atoms with Crippen LogP contribution in [-0.2, 0) is 6.54 Å². The van der Waals surface area contributed by atoms with Gasteiger partial charge in [-0.25, -0.2) is 0 Å². The quantitative estimate of drug-likeness (QED) is 0.885. The number of piperidine rings is 1. The minimum Gasteiger partial charge on any atom is -0.486 e. The lowest BCUT2D eigenvalue weighted by molar-refractivity contribution is 0.141. The number of rotatable bonds is 2. The van der Waals surface area contributed by atoms with Crippen molar-refractivity contribution in [2.45, 2.75) is 13.0 Å². The molecule has 2 unspecified atom stereocenters. The van der Waals surface area contributed by atoms with Crippen molar-refractivity contribution in [3.63, 3.8) is 0 Å². The maximum atomic E-state index is 5.70. The van der Waals surface area contributed by atoms with Gasteiger partial charge in [0.1, 0.15) is 13.2 Å². The first-order valence-corrected chi connectivity index (χ1v) is 8.60. The number of hydrogen-bond donors (Lipinski definition) is 1. The highest BCUT2D eigenvalue weighted by Gasteiger charge is 2.32. The predicted molar refractivity (Wildman–Crippen MR) is 84.9 cm³/mol. The standard InChI is InChI=1S/C16H21BrN2O2/c17-14-6-16-15(20-3-4-21-16)5-12(14)9-19-2-1-11-7-18-8-13(11)10-19/h5-6,11,13,18H,1-4,7-10H2. The van der Waals surface area contributed by atoms with Crippen LogP contribution in [0.4, 0.5) is 0 Å². The Morgan fingerprint density at radius 3 is 2.76 bits per heavy atom. The monoisotopic (exact) mass is 352 g/mol. The second kappa shape index (κ2) is 5.78. The van der Waals surface area contributed by atoms with Crippen LogP contribution in [0.1, 0.15) is 12.0 Å². The fourth-order valence-electron chi connectivity index (χ4n) is 3.72. The van der Waals surface area contributed by atoms with E-state index in [4.69, 9.17) is 9.47 Å². The van der Waals surface area contributed by atoms with Gasteiger partial charge >= 0.3 is 0 Å². The molecular formula is C16H21BrN2O2. The van der Waals surface area contributed by atoms with E-state index in [1.807, 2.05) is 6.07 Å². The number of nitrogens with one attached hydrogen (secondary N) is 1. The van der Waals surface area contributed by atoms with Crippen molar-refractivity contribution in [2.24, 2.45) is 11.8 Å². The van der Waals surface area contributed by atoms with Gasteiger partial charge in [0, 0.05) is 17.6 Å². The summed E-state index contributed by atoms with van der Waals surface area (Å²) in [4.78, 5) is 2.57. The van der Waals surface area contributed by atoms with Crippen LogP contribution in [0.25, 0.3) is 0 Å². The molecule has 4 nitrogen and oxygen atoms in total. The fraction of sp³-hybridized carbons (Fsp3) is 0.625. The van der Waals surface area contributed by atoms with Gasteiger partial charge < -0.3 is 14.8 Å². The second-order valence-electron chi connectivity index (χ2n) is 6.29. The molecule has 0 aliphatic carbocycles. The van der Waals surface area contributed by atoms with Crippen molar-refractivity contribution in [3.8, 4) is 11.5 Å². The highest BCUT2D eigenvalue weighted by molar-refractivity contribution is 9.10. The van der Waals surface area contributed by atoms with Gasteiger partial charge in [-0.05, 0) is 55.6 Å². The molecule has 3 aliphatic heterocycles. The molecule has 0 spiro atoms. The van der Waals surface area contributed by atoms with E-state index in [1.54, 1.807) is 0 Å². The van der Waals surface area contributed by atoms with Gasteiger partial charge in [-0.1, -0.05) is 15.9 Å². The molecule has 114 valence electrons. The summed E-state index contributed by atoms with van der Waals surface area (Å²) in [7, 11) is 0. The number of halogens is 1. The lowest BCUT2D eigenvalue weighted by atomic mass is 9.88. The molecule has 2 atom stereocenters. The first-order chi connectivity index (χ1) is 10.3. The lowest BCUT2D eigenvalue weighted by Gasteiger charge is -2.34. The summed E-state index contributed by atoms with van der Waals surface area (Å²) >= 11 is 3.68. The first-order valence-electron chi connectivity index (χ1n) is 7.80. The number of ether oxygens (including phenoxy) is 2. The number of likely N-dealkylation sites (tertiary alicyclic amines) is 1. The van der Waals surface area contributed by atoms with Gasteiger partial charge in [-0.15, -0.1) is 0 Å². The molecule has 0 bridgehead atoms. The Labute approximate surface area is 133 Å². The molecular weight excluding hydrogens is 332 g/mol. The molecule has 3 aliphatic rings.